The van der Waals surface area contributed by atoms with E-state index in [2.05, 4.69) is 33.2 Å². The molecule has 2 aliphatic carbocycles. The van der Waals surface area contributed by atoms with Gasteiger partial charge in [0.1, 0.15) is 23.6 Å². The number of carbonyl (C=O) groups excluding carboxylic acids is 1. The van der Waals surface area contributed by atoms with Crippen molar-refractivity contribution < 1.29 is 27.4 Å². The van der Waals surface area contributed by atoms with Crippen LogP contribution in [0.5, 0.6) is 5.75 Å². The molecule has 2 aromatic rings. The molecule has 2 fully saturated rings. The lowest BCUT2D eigenvalue weighted by atomic mass is 9.73. The lowest BCUT2D eigenvalue weighted by molar-refractivity contribution is -0.135. The molecule has 1 atom stereocenters. The Morgan fingerprint density at radius 3 is 2.43 bits per heavy atom. The standard InChI is InChI=1S/C23H25F3IN5O3/c1-11-18-20(31(2)19(21(33)29-18)23(34-3)5-4-6-23)30-22(28-11)32(27)12-7-13(8-12)35-14-9-15(24)17(26)16(25)10-14/h9-10,12-13,19H,4-8H2,1-3H3,(H,29,33)/t12-,13-,19-/m1/s1. The average molecular weight is 603 g/mol. The van der Waals surface area contributed by atoms with E-state index >= 15 is 0 Å². The van der Waals surface area contributed by atoms with Gasteiger partial charge in [-0.2, -0.15) is 4.98 Å². The maximum Gasteiger partial charge on any atom is 0.250 e. The molecule has 35 heavy (non-hydrogen) atoms. The number of aryl methyl sites for hydroxylation is 1. The van der Waals surface area contributed by atoms with Crippen molar-refractivity contribution >= 4 is 46.2 Å². The number of amides is 1. The number of ether oxygens (including phenoxy) is 2. The number of fused-ring (bicyclic) bond motifs is 1. The maximum atomic E-state index is 13.5. The number of anilines is 3. The summed E-state index contributed by atoms with van der Waals surface area (Å²) in [5.74, 6) is -3.12. The summed E-state index contributed by atoms with van der Waals surface area (Å²) in [5, 5.41) is 2.97. The Hall–Kier alpha value is -2.35. The summed E-state index contributed by atoms with van der Waals surface area (Å²) in [6, 6.07) is 1.23. The summed E-state index contributed by atoms with van der Waals surface area (Å²) >= 11 is 2.14. The molecule has 0 unspecified atom stereocenters. The van der Waals surface area contributed by atoms with Crippen molar-refractivity contribution in [1.29, 1.82) is 0 Å². The monoisotopic (exact) mass is 603 g/mol. The van der Waals surface area contributed by atoms with Crippen molar-refractivity contribution in [2.75, 3.05) is 27.5 Å². The molecule has 0 radical (unpaired) electrons. The first-order valence-electron chi connectivity index (χ1n) is 11.4. The number of aromatic nitrogens is 2. The minimum Gasteiger partial charge on any atom is -0.490 e. The molecule has 0 saturated heterocycles. The predicted molar refractivity (Wildman–Crippen MR) is 131 cm³/mol. The lowest BCUT2D eigenvalue weighted by Gasteiger charge is -2.50. The molecular formula is C23H25F3IN5O3. The van der Waals surface area contributed by atoms with Crippen molar-refractivity contribution in [3.05, 3.63) is 35.3 Å². The molecule has 1 amide bonds. The van der Waals surface area contributed by atoms with Gasteiger partial charge in [-0.15, -0.1) is 0 Å². The molecule has 0 spiro atoms. The molecule has 5 rings (SSSR count). The van der Waals surface area contributed by atoms with Gasteiger partial charge in [0.05, 0.1) is 34.2 Å². The van der Waals surface area contributed by atoms with E-state index in [1.807, 2.05) is 22.0 Å². The van der Waals surface area contributed by atoms with E-state index in [1.54, 1.807) is 7.11 Å². The number of methoxy groups -OCH3 is 1. The van der Waals surface area contributed by atoms with Gasteiger partial charge in [0.15, 0.2) is 23.3 Å². The van der Waals surface area contributed by atoms with Gasteiger partial charge in [-0.05, 0) is 26.2 Å². The zero-order valence-electron chi connectivity index (χ0n) is 19.4. The Balaban J connectivity index is 1.31. The zero-order valence-corrected chi connectivity index (χ0v) is 21.6. The molecule has 0 bridgehead atoms. The van der Waals surface area contributed by atoms with Crippen LogP contribution in [0.25, 0.3) is 0 Å². The Labute approximate surface area is 214 Å². The number of nitrogens with one attached hydrogen (secondary N) is 1. The van der Waals surface area contributed by atoms with Crippen molar-refractivity contribution in [1.82, 2.24) is 9.97 Å². The van der Waals surface area contributed by atoms with Crippen LogP contribution in [-0.4, -0.2) is 53.8 Å². The first-order chi connectivity index (χ1) is 16.6. The molecule has 2 saturated carbocycles. The first kappa shape index (κ1) is 24.3. The van der Waals surface area contributed by atoms with Crippen molar-refractivity contribution in [2.24, 2.45) is 0 Å². The molecule has 12 heteroatoms. The third-order valence-electron chi connectivity index (χ3n) is 7.22. The average Bonchev–Trinajstić information content (AvgIpc) is 2.76. The van der Waals surface area contributed by atoms with Gasteiger partial charge in [0, 0.05) is 45.2 Å². The van der Waals surface area contributed by atoms with Crippen LogP contribution in [0.1, 0.15) is 37.8 Å². The Morgan fingerprint density at radius 1 is 1.20 bits per heavy atom. The maximum absolute atomic E-state index is 13.5. The Morgan fingerprint density at radius 2 is 1.86 bits per heavy atom. The van der Waals surface area contributed by atoms with Crippen LogP contribution in [0.3, 0.4) is 0 Å². The second kappa shape index (κ2) is 8.95. The summed E-state index contributed by atoms with van der Waals surface area (Å²) in [6.45, 7) is 1.82. The van der Waals surface area contributed by atoms with Gasteiger partial charge in [-0.3, -0.25) is 7.91 Å². The van der Waals surface area contributed by atoms with E-state index in [-0.39, 0.29) is 23.8 Å². The quantitative estimate of drug-likeness (QED) is 0.300. The van der Waals surface area contributed by atoms with E-state index in [1.165, 1.54) is 0 Å². The largest absolute Gasteiger partial charge is 0.490 e. The SMILES string of the molecule is COC1([C@H]2C(=O)Nc3c(C)nc(N(I)[C@H]4C[C@H](Oc5cc(F)c(F)c(F)c5)C4)nc3N2C)CCC1. The van der Waals surface area contributed by atoms with Gasteiger partial charge in [0.2, 0.25) is 11.9 Å². The molecular weight excluding hydrogens is 578 g/mol. The van der Waals surface area contributed by atoms with Crippen LogP contribution < -0.4 is 18.1 Å². The number of halogens is 4. The molecule has 8 nitrogen and oxygen atoms in total. The normalized spacial score (nSPS) is 24.7. The van der Waals surface area contributed by atoms with Crippen molar-refractivity contribution in [3.8, 4) is 5.75 Å². The Bertz CT molecular complexity index is 1150. The van der Waals surface area contributed by atoms with Crippen molar-refractivity contribution in [3.63, 3.8) is 0 Å². The number of carbonyl (C=O) groups is 1. The number of benzene rings is 1. The van der Waals surface area contributed by atoms with Crippen LogP contribution in [0.4, 0.5) is 30.6 Å². The molecule has 2 heterocycles. The number of hydrogen-bond acceptors (Lipinski definition) is 7. The smallest absolute Gasteiger partial charge is 0.250 e. The molecule has 1 aromatic carbocycles. The predicted octanol–water partition coefficient (Wildman–Crippen LogP) is 4.29. The Kier molecular flexibility index (Phi) is 6.22. The minimum absolute atomic E-state index is 0.0319. The minimum atomic E-state index is -1.51. The number of hydrogen-bond donors (Lipinski definition) is 1. The van der Waals surface area contributed by atoms with Crippen LogP contribution in [0, 0.1) is 24.4 Å². The van der Waals surface area contributed by atoms with E-state index < -0.39 is 29.1 Å². The molecule has 1 aromatic heterocycles. The second-order valence-electron chi connectivity index (χ2n) is 9.31. The molecule has 1 aliphatic heterocycles. The number of likely N-dealkylation sites (N-methyl/N-ethyl adjacent to an activating group) is 1. The van der Waals surface area contributed by atoms with Gasteiger partial charge in [0.25, 0.3) is 0 Å². The van der Waals surface area contributed by atoms with Crippen LogP contribution in [0.2, 0.25) is 0 Å². The summed E-state index contributed by atoms with van der Waals surface area (Å²) in [7, 11) is 3.49. The van der Waals surface area contributed by atoms with E-state index in [0.717, 1.165) is 31.4 Å². The molecule has 188 valence electrons. The van der Waals surface area contributed by atoms with Crippen LogP contribution >= 0.6 is 22.9 Å². The summed E-state index contributed by atoms with van der Waals surface area (Å²) in [5.41, 5.74) is 0.704. The van der Waals surface area contributed by atoms with E-state index in [4.69, 9.17) is 14.5 Å². The molecule has 3 aliphatic rings. The summed E-state index contributed by atoms with van der Waals surface area (Å²) in [6.07, 6.45) is 3.50. The van der Waals surface area contributed by atoms with Crippen molar-refractivity contribution in [2.45, 2.75) is 62.8 Å². The topological polar surface area (TPSA) is 79.8 Å². The van der Waals surface area contributed by atoms with Crippen LogP contribution in [0.15, 0.2) is 12.1 Å². The summed E-state index contributed by atoms with van der Waals surface area (Å²) < 4.78 is 53.4. The fraction of sp³-hybridized carbons (Fsp3) is 0.522. The fourth-order valence-electron chi connectivity index (χ4n) is 5.01. The van der Waals surface area contributed by atoms with E-state index in [9.17, 15) is 18.0 Å². The number of nitrogens with zero attached hydrogens (tertiary/aromatic N) is 4. The zero-order chi connectivity index (χ0) is 25.1. The van der Waals surface area contributed by atoms with Gasteiger partial charge < -0.3 is 19.7 Å². The lowest BCUT2D eigenvalue weighted by Crippen LogP contribution is -2.64. The highest BCUT2D eigenvalue weighted by molar-refractivity contribution is 14.1. The highest BCUT2D eigenvalue weighted by Gasteiger charge is 2.52. The third-order valence-corrected chi connectivity index (χ3v) is 8.44. The highest BCUT2D eigenvalue weighted by atomic mass is 127. The van der Waals surface area contributed by atoms with Gasteiger partial charge in [-0.1, -0.05) is 0 Å². The number of rotatable bonds is 6. The summed E-state index contributed by atoms with van der Waals surface area (Å²) in [4.78, 5) is 24.2. The first-order valence-corrected chi connectivity index (χ1v) is 12.3. The molecule has 1 N–H and O–H groups in total. The highest BCUT2D eigenvalue weighted by Crippen LogP contribution is 2.45. The fourth-order valence-corrected chi connectivity index (χ4v) is 5.68. The van der Waals surface area contributed by atoms with Crippen LogP contribution in [-0.2, 0) is 9.53 Å². The third kappa shape index (κ3) is 4.07. The second-order valence-corrected chi connectivity index (χ2v) is 10.3. The van der Waals surface area contributed by atoms with E-state index in [0.29, 0.717) is 36.0 Å². The van der Waals surface area contributed by atoms with Gasteiger partial charge >= 0.3 is 0 Å². The van der Waals surface area contributed by atoms with Gasteiger partial charge in [-0.25, -0.2) is 18.2 Å².